The van der Waals surface area contributed by atoms with E-state index in [1.807, 2.05) is 12.2 Å². The molecule has 0 aliphatic heterocycles. The van der Waals surface area contributed by atoms with Crippen LogP contribution in [0, 0.1) is 5.92 Å². The quantitative estimate of drug-likeness (QED) is 0.520. The first-order chi connectivity index (χ1) is 14.0. The van der Waals surface area contributed by atoms with Crippen molar-refractivity contribution in [2.75, 3.05) is 17.2 Å². The van der Waals surface area contributed by atoms with E-state index < -0.39 is 18.5 Å². The number of para-hydroxylation sites is 1. The second-order valence-electron chi connectivity index (χ2n) is 6.69. The van der Waals surface area contributed by atoms with Gasteiger partial charge in [-0.15, -0.1) is 0 Å². The van der Waals surface area contributed by atoms with Crippen molar-refractivity contribution in [3.8, 4) is 0 Å². The number of hydrogen-bond donors (Lipinski definition) is 2. The Morgan fingerprint density at radius 2 is 1.79 bits per heavy atom. The maximum absolute atomic E-state index is 12.6. The first kappa shape index (κ1) is 20.6. The summed E-state index contributed by atoms with van der Waals surface area (Å²) in [7, 11) is 0. The van der Waals surface area contributed by atoms with Gasteiger partial charge >= 0.3 is 5.97 Å². The Balaban J connectivity index is 1.55. The molecule has 1 atom stereocenters. The van der Waals surface area contributed by atoms with E-state index in [0.717, 1.165) is 12.8 Å². The normalized spacial score (nSPS) is 15.0. The maximum atomic E-state index is 12.6. The van der Waals surface area contributed by atoms with Crippen LogP contribution in [0.3, 0.4) is 0 Å². The number of anilines is 2. The molecule has 0 unspecified atom stereocenters. The lowest BCUT2D eigenvalue weighted by Gasteiger charge is -2.12. The molecule has 3 rings (SSSR count). The minimum Gasteiger partial charge on any atom is -0.456 e. The van der Waals surface area contributed by atoms with Crippen LogP contribution >= 0.6 is 11.6 Å². The summed E-state index contributed by atoms with van der Waals surface area (Å²) in [4.78, 5) is 36.6. The summed E-state index contributed by atoms with van der Waals surface area (Å²) in [5, 5.41) is 5.94. The number of hydrogen-bond acceptors (Lipinski definition) is 4. The monoisotopic (exact) mass is 412 g/mol. The molecule has 0 saturated carbocycles. The summed E-state index contributed by atoms with van der Waals surface area (Å²) in [5.74, 6) is -1.12. The predicted octanol–water partition coefficient (Wildman–Crippen LogP) is 4.43. The van der Waals surface area contributed by atoms with Crippen LogP contribution in [0.1, 0.15) is 29.6 Å². The fourth-order valence-corrected chi connectivity index (χ4v) is 3.12. The van der Waals surface area contributed by atoms with Gasteiger partial charge in [0.05, 0.1) is 17.7 Å². The number of ether oxygens (including phenoxy) is 1. The third kappa shape index (κ3) is 6.19. The van der Waals surface area contributed by atoms with Gasteiger partial charge in [-0.05, 0) is 55.2 Å². The highest BCUT2D eigenvalue weighted by atomic mass is 35.5. The number of halogens is 1. The lowest BCUT2D eigenvalue weighted by molar-refractivity contribution is -0.147. The zero-order valence-electron chi connectivity index (χ0n) is 15.7. The van der Waals surface area contributed by atoms with Crippen LogP contribution < -0.4 is 10.6 Å². The largest absolute Gasteiger partial charge is 0.456 e. The first-order valence-corrected chi connectivity index (χ1v) is 9.67. The molecule has 0 aromatic heterocycles. The van der Waals surface area contributed by atoms with E-state index in [1.165, 1.54) is 0 Å². The molecule has 2 aromatic carbocycles. The third-order valence-corrected chi connectivity index (χ3v) is 4.71. The maximum Gasteiger partial charge on any atom is 0.306 e. The fraction of sp³-hybridized carbons (Fsp3) is 0.227. The molecule has 2 N–H and O–H groups in total. The topological polar surface area (TPSA) is 84.5 Å². The Morgan fingerprint density at radius 3 is 2.52 bits per heavy atom. The Hall–Kier alpha value is -3.12. The first-order valence-electron chi connectivity index (χ1n) is 9.29. The van der Waals surface area contributed by atoms with Crippen LogP contribution in [0.2, 0.25) is 5.02 Å². The molecule has 1 aliphatic carbocycles. The van der Waals surface area contributed by atoms with Gasteiger partial charge in [-0.1, -0.05) is 35.9 Å². The molecule has 7 heteroatoms. The van der Waals surface area contributed by atoms with Crippen molar-refractivity contribution in [2.24, 2.45) is 5.92 Å². The van der Waals surface area contributed by atoms with Crippen molar-refractivity contribution < 1.29 is 19.1 Å². The molecule has 1 aliphatic rings. The third-order valence-electron chi connectivity index (χ3n) is 4.45. The Bertz CT molecular complexity index is 925. The number of carbonyl (C=O) groups excluding carboxylic acids is 3. The SMILES string of the molecule is O=C(COC(=O)C[C@H]1C=CCC1)Nc1ccccc1C(=O)Nc1ccc(Cl)cc1. The number of amides is 2. The minimum atomic E-state index is -0.507. The fourth-order valence-electron chi connectivity index (χ4n) is 2.99. The van der Waals surface area contributed by atoms with Crippen molar-refractivity contribution in [3.05, 3.63) is 71.3 Å². The molecule has 6 nitrogen and oxygen atoms in total. The minimum absolute atomic E-state index is 0.183. The van der Waals surface area contributed by atoms with Crippen molar-refractivity contribution in [2.45, 2.75) is 19.3 Å². The van der Waals surface area contributed by atoms with E-state index in [2.05, 4.69) is 10.6 Å². The second-order valence-corrected chi connectivity index (χ2v) is 7.12. The van der Waals surface area contributed by atoms with Gasteiger partial charge in [-0.2, -0.15) is 0 Å². The highest BCUT2D eigenvalue weighted by Crippen LogP contribution is 2.21. The molecule has 2 amide bonds. The van der Waals surface area contributed by atoms with E-state index in [1.54, 1.807) is 48.5 Å². The molecule has 150 valence electrons. The van der Waals surface area contributed by atoms with E-state index in [-0.39, 0.29) is 18.2 Å². The van der Waals surface area contributed by atoms with Crippen LogP contribution in [0.15, 0.2) is 60.7 Å². The van der Waals surface area contributed by atoms with Gasteiger partial charge in [0.2, 0.25) is 0 Å². The van der Waals surface area contributed by atoms with Gasteiger partial charge in [-0.25, -0.2) is 0 Å². The average molecular weight is 413 g/mol. The van der Waals surface area contributed by atoms with E-state index in [4.69, 9.17) is 16.3 Å². The van der Waals surface area contributed by atoms with Crippen molar-refractivity contribution >= 4 is 40.8 Å². The van der Waals surface area contributed by atoms with Crippen molar-refractivity contribution in [1.82, 2.24) is 0 Å². The van der Waals surface area contributed by atoms with Crippen LogP contribution in [0.5, 0.6) is 0 Å². The molecule has 0 fully saturated rings. The number of allylic oxidation sites excluding steroid dienone is 2. The standard InChI is InChI=1S/C22H21ClN2O4/c23-16-9-11-17(12-10-16)24-22(28)18-7-3-4-8-19(18)25-20(26)14-29-21(27)13-15-5-1-2-6-15/h1,3-5,7-12,15H,2,6,13-14H2,(H,24,28)(H,25,26)/t15-/m0/s1. The second kappa shape index (κ2) is 9.89. The zero-order valence-corrected chi connectivity index (χ0v) is 16.4. The molecule has 0 heterocycles. The average Bonchev–Trinajstić information content (AvgIpc) is 3.21. The van der Waals surface area contributed by atoms with Crippen LogP contribution in [0.25, 0.3) is 0 Å². The highest BCUT2D eigenvalue weighted by molar-refractivity contribution is 6.30. The summed E-state index contributed by atoms with van der Waals surface area (Å²) in [6.45, 7) is -0.400. The van der Waals surface area contributed by atoms with Gasteiger partial charge in [0.15, 0.2) is 6.61 Å². The van der Waals surface area contributed by atoms with Gasteiger partial charge in [0.25, 0.3) is 11.8 Å². The highest BCUT2D eigenvalue weighted by Gasteiger charge is 2.17. The van der Waals surface area contributed by atoms with Crippen molar-refractivity contribution in [1.29, 1.82) is 0 Å². The van der Waals surface area contributed by atoms with Gasteiger partial charge < -0.3 is 15.4 Å². The number of carbonyl (C=O) groups is 3. The smallest absolute Gasteiger partial charge is 0.306 e. The Kier molecular flexibility index (Phi) is 7.03. The van der Waals surface area contributed by atoms with Crippen LogP contribution in [0.4, 0.5) is 11.4 Å². The number of nitrogens with one attached hydrogen (secondary N) is 2. The Morgan fingerprint density at radius 1 is 1.03 bits per heavy atom. The molecule has 29 heavy (non-hydrogen) atoms. The van der Waals surface area contributed by atoms with Crippen molar-refractivity contribution in [3.63, 3.8) is 0 Å². The molecule has 0 radical (unpaired) electrons. The summed E-state index contributed by atoms with van der Waals surface area (Å²) < 4.78 is 5.05. The van der Waals surface area contributed by atoms with Crippen LogP contribution in [-0.2, 0) is 14.3 Å². The number of benzene rings is 2. The van der Waals surface area contributed by atoms with E-state index in [9.17, 15) is 14.4 Å². The lowest BCUT2D eigenvalue weighted by Crippen LogP contribution is -2.23. The van der Waals surface area contributed by atoms with Gasteiger partial charge in [0.1, 0.15) is 0 Å². The summed E-state index contributed by atoms with van der Waals surface area (Å²) in [5.41, 5.74) is 1.20. The summed E-state index contributed by atoms with van der Waals surface area (Å²) in [6, 6.07) is 13.3. The predicted molar refractivity (Wildman–Crippen MR) is 112 cm³/mol. The number of rotatable bonds is 7. The molecular weight excluding hydrogens is 392 g/mol. The summed E-state index contributed by atoms with van der Waals surface area (Å²) >= 11 is 5.85. The van der Waals surface area contributed by atoms with E-state index >= 15 is 0 Å². The number of esters is 1. The molecule has 0 saturated heterocycles. The van der Waals surface area contributed by atoms with Crippen LogP contribution in [-0.4, -0.2) is 24.4 Å². The van der Waals surface area contributed by atoms with E-state index in [0.29, 0.717) is 22.0 Å². The molecular formula is C22H21ClN2O4. The molecule has 2 aromatic rings. The lowest BCUT2D eigenvalue weighted by atomic mass is 10.1. The summed E-state index contributed by atoms with van der Waals surface area (Å²) in [6.07, 6.45) is 6.20. The molecule has 0 spiro atoms. The van der Waals surface area contributed by atoms with Gasteiger partial charge in [-0.3, -0.25) is 14.4 Å². The zero-order chi connectivity index (χ0) is 20.6. The molecule has 0 bridgehead atoms. The Labute approximate surface area is 173 Å². The van der Waals surface area contributed by atoms with Gasteiger partial charge in [0, 0.05) is 10.7 Å².